The van der Waals surface area contributed by atoms with Gasteiger partial charge in [0, 0.05) is 10.7 Å². The molecule has 0 bridgehead atoms. The van der Waals surface area contributed by atoms with Crippen molar-refractivity contribution in [2.24, 2.45) is 5.10 Å². The maximum atomic E-state index is 11.8. The van der Waals surface area contributed by atoms with E-state index in [1.54, 1.807) is 49.6 Å². The molecule has 7 heteroatoms. The molecule has 0 aromatic heterocycles. The van der Waals surface area contributed by atoms with Gasteiger partial charge in [-0.1, -0.05) is 17.7 Å². The molecule has 2 aromatic carbocycles. The second-order valence-electron chi connectivity index (χ2n) is 4.89. The largest absolute Gasteiger partial charge is 0.497 e. The highest BCUT2D eigenvalue weighted by Gasteiger charge is 2.13. The van der Waals surface area contributed by atoms with Crippen LogP contribution in [0, 0.1) is 6.92 Å². The number of hydrazone groups is 1. The number of benzene rings is 2. The minimum absolute atomic E-state index is 0.435. The van der Waals surface area contributed by atoms with Gasteiger partial charge in [-0.05, 0) is 54.4 Å². The van der Waals surface area contributed by atoms with Gasteiger partial charge in [-0.25, -0.2) is 5.43 Å². The first-order chi connectivity index (χ1) is 11.5. The van der Waals surface area contributed by atoms with Crippen LogP contribution >= 0.6 is 11.6 Å². The molecule has 0 radical (unpaired) electrons. The molecule has 0 aliphatic heterocycles. The van der Waals surface area contributed by atoms with Crippen molar-refractivity contribution in [3.8, 4) is 5.75 Å². The third-order valence-corrected chi connectivity index (χ3v) is 3.54. The highest BCUT2D eigenvalue weighted by atomic mass is 35.5. The Morgan fingerprint density at radius 2 is 1.83 bits per heavy atom. The van der Waals surface area contributed by atoms with Crippen LogP contribution < -0.4 is 15.5 Å². The zero-order valence-corrected chi connectivity index (χ0v) is 13.9. The Hall–Kier alpha value is -2.86. The minimum Gasteiger partial charge on any atom is -0.497 e. The number of hydrogen-bond donors (Lipinski definition) is 2. The second kappa shape index (κ2) is 8.12. The number of halogens is 1. The fourth-order valence-corrected chi connectivity index (χ4v) is 1.95. The predicted octanol–water partition coefficient (Wildman–Crippen LogP) is 2.75. The Balaban J connectivity index is 1.89. The summed E-state index contributed by atoms with van der Waals surface area (Å²) in [6, 6.07) is 12.0. The van der Waals surface area contributed by atoms with Gasteiger partial charge in [-0.15, -0.1) is 0 Å². The van der Waals surface area contributed by atoms with Crippen molar-refractivity contribution in [3.05, 3.63) is 58.6 Å². The van der Waals surface area contributed by atoms with E-state index in [0.717, 1.165) is 11.1 Å². The number of amides is 2. The zero-order chi connectivity index (χ0) is 17.5. The smallest absolute Gasteiger partial charge is 0.329 e. The van der Waals surface area contributed by atoms with E-state index in [1.165, 1.54) is 6.21 Å². The number of carbonyl (C=O) groups is 2. The van der Waals surface area contributed by atoms with Crippen LogP contribution in [0.4, 0.5) is 5.69 Å². The van der Waals surface area contributed by atoms with Crippen LogP contribution in [0.2, 0.25) is 5.02 Å². The van der Waals surface area contributed by atoms with E-state index in [0.29, 0.717) is 16.5 Å². The second-order valence-corrected chi connectivity index (χ2v) is 5.30. The highest BCUT2D eigenvalue weighted by molar-refractivity contribution is 6.39. The molecule has 24 heavy (non-hydrogen) atoms. The maximum Gasteiger partial charge on any atom is 0.329 e. The molecule has 0 saturated carbocycles. The lowest BCUT2D eigenvalue weighted by molar-refractivity contribution is -0.136. The van der Waals surface area contributed by atoms with Crippen molar-refractivity contribution in [2.75, 3.05) is 12.4 Å². The van der Waals surface area contributed by atoms with E-state index < -0.39 is 11.8 Å². The van der Waals surface area contributed by atoms with Gasteiger partial charge in [-0.3, -0.25) is 9.59 Å². The van der Waals surface area contributed by atoms with Crippen LogP contribution in [-0.2, 0) is 9.59 Å². The first kappa shape index (κ1) is 17.5. The third kappa shape index (κ3) is 4.82. The summed E-state index contributed by atoms with van der Waals surface area (Å²) in [4.78, 5) is 23.5. The molecule has 0 atom stereocenters. The van der Waals surface area contributed by atoms with Gasteiger partial charge in [0.05, 0.1) is 13.3 Å². The van der Waals surface area contributed by atoms with Gasteiger partial charge in [0.25, 0.3) is 0 Å². The number of nitrogens with one attached hydrogen (secondary N) is 2. The van der Waals surface area contributed by atoms with E-state index in [4.69, 9.17) is 16.3 Å². The summed E-state index contributed by atoms with van der Waals surface area (Å²) in [7, 11) is 1.57. The van der Waals surface area contributed by atoms with Crippen LogP contribution in [0.5, 0.6) is 5.75 Å². The Kier molecular flexibility index (Phi) is 5.92. The van der Waals surface area contributed by atoms with Crippen LogP contribution in [0.15, 0.2) is 47.6 Å². The van der Waals surface area contributed by atoms with Gasteiger partial charge in [-0.2, -0.15) is 5.10 Å². The number of rotatable bonds is 4. The van der Waals surface area contributed by atoms with Gasteiger partial charge >= 0.3 is 11.8 Å². The molecule has 0 fully saturated rings. The summed E-state index contributed by atoms with van der Waals surface area (Å²) >= 11 is 5.97. The average Bonchev–Trinajstić information content (AvgIpc) is 2.58. The molecule has 0 aliphatic rings. The monoisotopic (exact) mass is 345 g/mol. The van der Waals surface area contributed by atoms with Gasteiger partial charge in [0.1, 0.15) is 5.75 Å². The number of hydrogen-bond acceptors (Lipinski definition) is 4. The molecule has 0 aliphatic carbocycles. The lowest BCUT2D eigenvalue weighted by atomic mass is 10.2. The quantitative estimate of drug-likeness (QED) is 0.508. The fourth-order valence-electron chi connectivity index (χ4n) is 1.76. The number of methoxy groups -OCH3 is 1. The van der Waals surface area contributed by atoms with Crippen molar-refractivity contribution in [1.29, 1.82) is 0 Å². The summed E-state index contributed by atoms with van der Waals surface area (Å²) in [6.45, 7) is 1.84. The molecule has 6 nitrogen and oxygen atoms in total. The Morgan fingerprint density at radius 3 is 2.46 bits per heavy atom. The van der Waals surface area contributed by atoms with Crippen molar-refractivity contribution in [3.63, 3.8) is 0 Å². The van der Waals surface area contributed by atoms with Crippen molar-refractivity contribution in [1.82, 2.24) is 5.43 Å². The summed E-state index contributed by atoms with van der Waals surface area (Å²) < 4.78 is 5.04. The van der Waals surface area contributed by atoms with Crippen LogP contribution in [-0.4, -0.2) is 25.1 Å². The van der Waals surface area contributed by atoms with Crippen molar-refractivity contribution >= 4 is 35.3 Å². The van der Waals surface area contributed by atoms with E-state index in [2.05, 4.69) is 15.8 Å². The number of nitrogens with zero attached hydrogens (tertiary/aromatic N) is 1. The van der Waals surface area contributed by atoms with Crippen molar-refractivity contribution in [2.45, 2.75) is 6.92 Å². The van der Waals surface area contributed by atoms with E-state index in [9.17, 15) is 9.59 Å². The number of anilines is 1. The number of carbonyl (C=O) groups excluding carboxylic acids is 2. The fraction of sp³-hybridized carbons (Fsp3) is 0.118. The average molecular weight is 346 g/mol. The van der Waals surface area contributed by atoms with E-state index >= 15 is 0 Å². The summed E-state index contributed by atoms with van der Waals surface area (Å²) in [5, 5.41) is 6.69. The summed E-state index contributed by atoms with van der Waals surface area (Å²) in [6.07, 6.45) is 1.42. The molecule has 2 amide bonds. The lowest BCUT2D eigenvalue weighted by Gasteiger charge is -2.05. The number of ether oxygens (including phenoxy) is 1. The molecule has 2 aromatic rings. The third-order valence-electron chi connectivity index (χ3n) is 3.13. The topological polar surface area (TPSA) is 79.8 Å². The van der Waals surface area contributed by atoms with E-state index in [1.807, 2.05) is 6.92 Å². The van der Waals surface area contributed by atoms with Crippen LogP contribution in [0.1, 0.15) is 11.1 Å². The maximum absolute atomic E-state index is 11.8. The Labute approximate surface area is 144 Å². The molecule has 0 heterocycles. The Bertz CT molecular complexity index is 773. The number of aryl methyl sites for hydroxylation is 1. The molecule has 124 valence electrons. The van der Waals surface area contributed by atoms with E-state index in [-0.39, 0.29) is 0 Å². The van der Waals surface area contributed by atoms with Gasteiger partial charge in [0.15, 0.2) is 0 Å². The lowest BCUT2D eigenvalue weighted by Crippen LogP contribution is -2.32. The first-order valence-corrected chi connectivity index (χ1v) is 7.42. The molecule has 2 N–H and O–H groups in total. The molecular formula is C17H16ClN3O3. The SMILES string of the molecule is COc1ccc(/C=N\NC(=O)C(=O)Nc2ccc(C)c(Cl)c2)cc1. The highest BCUT2D eigenvalue weighted by Crippen LogP contribution is 2.19. The molecular weight excluding hydrogens is 330 g/mol. The molecule has 0 unspecified atom stereocenters. The summed E-state index contributed by atoms with van der Waals surface area (Å²) in [5.41, 5.74) is 4.22. The minimum atomic E-state index is -0.878. The van der Waals surface area contributed by atoms with Gasteiger partial charge < -0.3 is 10.1 Å². The normalized spacial score (nSPS) is 10.5. The predicted molar refractivity (Wildman–Crippen MR) is 93.5 cm³/mol. The standard InChI is InChI=1S/C17H16ClN3O3/c1-11-3-6-13(9-15(11)18)20-16(22)17(23)21-19-10-12-4-7-14(24-2)8-5-12/h3-10H,1-2H3,(H,20,22)(H,21,23)/b19-10-. The van der Waals surface area contributed by atoms with Crippen molar-refractivity contribution < 1.29 is 14.3 Å². The van der Waals surface area contributed by atoms with Crippen LogP contribution in [0.25, 0.3) is 0 Å². The molecule has 0 spiro atoms. The first-order valence-electron chi connectivity index (χ1n) is 7.04. The van der Waals surface area contributed by atoms with Gasteiger partial charge in [0.2, 0.25) is 0 Å². The molecule has 0 saturated heterocycles. The summed E-state index contributed by atoms with van der Waals surface area (Å²) in [5.74, 6) is -0.995. The van der Waals surface area contributed by atoms with Crippen LogP contribution in [0.3, 0.4) is 0 Å². The molecule has 2 rings (SSSR count). The zero-order valence-electron chi connectivity index (χ0n) is 13.2. The Morgan fingerprint density at radius 1 is 1.12 bits per heavy atom.